The summed E-state index contributed by atoms with van der Waals surface area (Å²) in [4.78, 5) is 51.0. The normalized spacial score (nSPS) is 14.9. The van der Waals surface area contributed by atoms with E-state index in [4.69, 9.17) is 17.2 Å². The van der Waals surface area contributed by atoms with Gasteiger partial charge in [-0.1, -0.05) is 32.4 Å². The van der Waals surface area contributed by atoms with Gasteiger partial charge in [0.1, 0.15) is 23.9 Å². The number of carboxylic acid groups (broad SMARTS) is 1. The van der Waals surface area contributed by atoms with E-state index in [0.717, 1.165) is 5.56 Å². The third kappa shape index (κ3) is 12.5. The third-order valence-corrected chi connectivity index (χ3v) is 6.67. The van der Waals surface area contributed by atoms with Crippen LogP contribution in [0.4, 0.5) is 0 Å². The van der Waals surface area contributed by atoms with E-state index in [0.29, 0.717) is 45.2 Å². The summed E-state index contributed by atoms with van der Waals surface area (Å²) >= 11 is 0. The molecule has 0 saturated heterocycles. The number of unbranched alkanes of at least 4 members (excludes halogenated alkanes) is 2. The number of rotatable bonds is 19. The highest BCUT2D eigenvalue weighted by molar-refractivity contribution is 5.94. The fourth-order valence-electron chi connectivity index (χ4n) is 3.99. The van der Waals surface area contributed by atoms with Crippen LogP contribution in [0.15, 0.2) is 24.3 Å². The molecule has 0 radical (unpaired) electrons. The van der Waals surface area contributed by atoms with Crippen molar-refractivity contribution in [1.29, 1.82) is 0 Å². The number of carboxylic acids is 1. The fourth-order valence-corrected chi connectivity index (χ4v) is 3.99. The largest absolute Gasteiger partial charge is 0.508 e. The van der Waals surface area contributed by atoms with Gasteiger partial charge in [0.05, 0.1) is 6.04 Å². The van der Waals surface area contributed by atoms with Crippen molar-refractivity contribution in [2.75, 3.05) is 13.1 Å². The molecule has 1 rings (SSSR count). The molecule has 1 aromatic carbocycles. The Kier molecular flexibility index (Phi) is 15.7. The highest BCUT2D eigenvalue weighted by Gasteiger charge is 2.31. The van der Waals surface area contributed by atoms with Gasteiger partial charge in [-0.3, -0.25) is 14.4 Å². The number of hydrogen-bond acceptors (Lipinski definition) is 8. The molecule has 39 heavy (non-hydrogen) atoms. The zero-order chi connectivity index (χ0) is 29.4. The Hall–Kier alpha value is -3.22. The standard InChI is InChI=1S/C27H46N6O6/c1-3-17(2)23(27(38)39)33-26(37)22(9-5-7-15-29)32-25(36)21(8-4-6-14-28)31-24(35)20(30)16-18-10-12-19(34)13-11-18/h10-13,17,20-23,34H,3-9,14-16,28-30H2,1-2H3,(H,31,35)(H,32,36)(H,33,37)(H,38,39). The molecule has 5 atom stereocenters. The van der Waals surface area contributed by atoms with Crippen molar-refractivity contribution in [3.8, 4) is 5.75 Å². The zero-order valence-corrected chi connectivity index (χ0v) is 23.0. The Morgan fingerprint density at radius 2 is 1.31 bits per heavy atom. The third-order valence-electron chi connectivity index (χ3n) is 6.67. The molecule has 0 fully saturated rings. The lowest BCUT2D eigenvalue weighted by atomic mass is 9.98. The molecule has 12 nitrogen and oxygen atoms in total. The molecule has 1 aromatic rings. The fraction of sp³-hybridized carbons (Fsp3) is 0.630. The van der Waals surface area contributed by atoms with Gasteiger partial charge in [0.25, 0.3) is 0 Å². The molecule has 0 aliphatic carbocycles. The SMILES string of the molecule is CCC(C)C(NC(=O)C(CCCCN)NC(=O)C(CCCCN)NC(=O)C(N)Cc1ccc(O)cc1)C(=O)O. The molecule has 5 unspecified atom stereocenters. The molecule has 12 heteroatoms. The van der Waals surface area contributed by atoms with Crippen LogP contribution in [-0.4, -0.2) is 71.2 Å². The lowest BCUT2D eigenvalue weighted by Crippen LogP contribution is -2.57. The van der Waals surface area contributed by atoms with E-state index >= 15 is 0 Å². The smallest absolute Gasteiger partial charge is 0.326 e. The van der Waals surface area contributed by atoms with Gasteiger partial charge in [0.15, 0.2) is 0 Å². The number of carbonyl (C=O) groups excluding carboxylic acids is 3. The van der Waals surface area contributed by atoms with Crippen LogP contribution in [0.1, 0.15) is 64.4 Å². The van der Waals surface area contributed by atoms with Crippen molar-refractivity contribution in [2.45, 2.75) is 89.4 Å². The van der Waals surface area contributed by atoms with Crippen molar-refractivity contribution in [3.05, 3.63) is 29.8 Å². The number of nitrogens with one attached hydrogen (secondary N) is 3. The Labute approximate surface area is 230 Å². The molecular formula is C27H46N6O6. The molecule has 220 valence electrons. The first-order chi connectivity index (χ1) is 18.5. The average molecular weight is 551 g/mol. The summed E-state index contributed by atoms with van der Waals surface area (Å²) in [6.07, 6.45) is 3.62. The Bertz CT molecular complexity index is 913. The van der Waals surface area contributed by atoms with E-state index in [2.05, 4.69) is 16.0 Å². The van der Waals surface area contributed by atoms with Crippen LogP contribution in [0.2, 0.25) is 0 Å². The van der Waals surface area contributed by atoms with Gasteiger partial charge in [-0.25, -0.2) is 4.79 Å². The maximum atomic E-state index is 13.3. The van der Waals surface area contributed by atoms with Gasteiger partial charge in [-0.15, -0.1) is 0 Å². The monoisotopic (exact) mass is 550 g/mol. The quantitative estimate of drug-likeness (QED) is 0.109. The summed E-state index contributed by atoms with van der Waals surface area (Å²) in [5.41, 5.74) is 18.0. The maximum absolute atomic E-state index is 13.3. The number of phenols is 1. The van der Waals surface area contributed by atoms with E-state index in [-0.39, 0.29) is 30.9 Å². The van der Waals surface area contributed by atoms with Crippen LogP contribution in [0.3, 0.4) is 0 Å². The summed E-state index contributed by atoms with van der Waals surface area (Å²) in [7, 11) is 0. The second-order valence-corrected chi connectivity index (χ2v) is 9.88. The number of hydrogen-bond donors (Lipinski definition) is 8. The van der Waals surface area contributed by atoms with Crippen molar-refractivity contribution >= 4 is 23.7 Å². The minimum atomic E-state index is -1.15. The van der Waals surface area contributed by atoms with E-state index < -0.39 is 47.9 Å². The van der Waals surface area contributed by atoms with Crippen LogP contribution in [0, 0.1) is 5.92 Å². The van der Waals surface area contributed by atoms with E-state index in [1.807, 2.05) is 6.92 Å². The average Bonchev–Trinajstić information content (AvgIpc) is 2.91. The second kappa shape index (κ2) is 18.1. The van der Waals surface area contributed by atoms with Crippen LogP contribution in [0.5, 0.6) is 5.75 Å². The summed E-state index contributed by atoms with van der Waals surface area (Å²) in [5, 5.41) is 27.0. The molecule has 11 N–H and O–H groups in total. The number of aromatic hydroxyl groups is 1. The predicted octanol–water partition coefficient (Wildman–Crippen LogP) is 0.105. The Morgan fingerprint density at radius 1 is 0.821 bits per heavy atom. The molecule has 0 aromatic heterocycles. The molecule has 3 amide bonds. The Morgan fingerprint density at radius 3 is 1.77 bits per heavy atom. The highest BCUT2D eigenvalue weighted by atomic mass is 16.4. The zero-order valence-electron chi connectivity index (χ0n) is 23.0. The molecule has 0 saturated carbocycles. The van der Waals surface area contributed by atoms with Crippen LogP contribution in [-0.2, 0) is 25.6 Å². The van der Waals surface area contributed by atoms with E-state index in [9.17, 15) is 29.4 Å². The number of phenolic OH excluding ortho intramolecular Hbond substituents is 1. The predicted molar refractivity (Wildman–Crippen MR) is 148 cm³/mol. The van der Waals surface area contributed by atoms with Gasteiger partial charge in [0, 0.05) is 0 Å². The van der Waals surface area contributed by atoms with Crippen molar-refractivity contribution in [3.63, 3.8) is 0 Å². The summed E-state index contributed by atoms with van der Waals surface area (Å²) in [5.74, 6) is -3.09. The van der Waals surface area contributed by atoms with Crippen LogP contribution < -0.4 is 33.2 Å². The summed E-state index contributed by atoms with van der Waals surface area (Å²) < 4.78 is 0. The lowest BCUT2D eigenvalue weighted by molar-refractivity contribution is -0.144. The number of nitrogens with two attached hydrogens (primary N) is 3. The molecule has 0 spiro atoms. The van der Waals surface area contributed by atoms with Gasteiger partial charge >= 0.3 is 5.97 Å². The first-order valence-electron chi connectivity index (χ1n) is 13.6. The first-order valence-corrected chi connectivity index (χ1v) is 13.6. The topological polar surface area (TPSA) is 223 Å². The van der Waals surface area contributed by atoms with Crippen LogP contribution >= 0.6 is 0 Å². The molecular weight excluding hydrogens is 504 g/mol. The Balaban J connectivity index is 3.00. The van der Waals surface area contributed by atoms with Crippen molar-refractivity contribution < 1.29 is 29.4 Å². The van der Waals surface area contributed by atoms with Gasteiger partial charge in [0.2, 0.25) is 17.7 Å². The molecule has 0 bridgehead atoms. The van der Waals surface area contributed by atoms with Gasteiger partial charge in [-0.2, -0.15) is 0 Å². The van der Waals surface area contributed by atoms with Gasteiger partial charge in [-0.05, 0) is 81.6 Å². The maximum Gasteiger partial charge on any atom is 0.326 e. The highest BCUT2D eigenvalue weighted by Crippen LogP contribution is 2.12. The van der Waals surface area contributed by atoms with Gasteiger partial charge < -0.3 is 43.4 Å². The molecule has 0 aliphatic rings. The molecule has 0 heterocycles. The lowest BCUT2D eigenvalue weighted by Gasteiger charge is -2.26. The minimum absolute atomic E-state index is 0.0947. The first kappa shape index (κ1) is 33.8. The number of aliphatic carboxylic acids is 1. The second-order valence-electron chi connectivity index (χ2n) is 9.88. The number of carbonyl (C=O) groups is 4. The van der Waals surface area contributed by atoms with Crippen molar-refractivity contribution in [2.24, 2.45) is 23.1 Å². The summed E-state index contributed by atoms with van der Waals surface area (Å²) in [6, 6.07) is 2.28. The van der Waals surface area contributed by atoms with Crippen LogP contribution in [0.25, 0.3) is 0 Å². The number of benzene rings is 1. The summed E-state index contributed by atoms with van der Waals surface area (Å²) in [6.45, 7) is 4.38. The molecule has 0 aliphatic heterocycles. The number of amides is 3. The van der Waals surface area contributed by atoms with E-state index in [1.165, 1.54) is 12.1 Å². The van der Waals surface area contributed by atoms with Crippen molar-refractivity contribution in [1.82, 2.24) is 16.0 Å². The van der Waals surface area contributed by atoms with E-state index in [1.54, 1.807) is 19.1 Å². The minimum Gasteiger partial charge on any atom is -0.508 e.